The largest absolute Gasteiger partial charge is 0.537 e. The average Bonchev–Trinajstić information content (AvgIpc) is 2.75. The maximum atomic E-state index is 6.00. The van der Waals surface area contributed by atoms with Gasteiger partial charge in [0.2, 0.25) is 0 Å². The van der Waals surface area contributed by atoms with Gasteiger partial charge in [0.1, 0.15) is 0 Å². The van der Waals surface area contributed by atoms with E-state index >= 15 is 0 Å². The van der Waals surface area contributed by atoms with Crippen LogP contribution in [0, 0.1) is 0 Å². The van der Waals surface area contributed by atoms with E-state index in [1.807, 2.05) is 26.8 Å². The maximum absolute atomic E-state index is 6.00. The summed E-state index contributed by atoms with van der Waals surface area (Å²) in [5, 5.41) is 1.00. The Kier molecular flexibility index (Phi) is 7.17. The molecule has 0 aliphatic heterocycles. The van der Waals surface area contributed by atoms with Gasteiger partial charge in [-0.05, 0) is 43.0 Å². The normalized spacial score (nSPS) is 11.5. The molecule has 0 saturated carbocycles. The van der Waals surface area contributed by atoms with E-state index in [0.29, 0.717) is 19.8 Å². The molecule has 0 saturated heterocycles. The first-order valence-electron chi connectivity index (χ1n) is 9.90. The lowest BCUT2D eigenvalue weighted by Gasteiger charge is -2.28. The highest BCUT2D eigenvalue weighted by Gasteiger charge is 2.43. The molecule has 4 heteroatoms. The van der Waals surface area contributed by atoms with Gasteiger partial charge in [0.05, 0.1) is 0 Å². The third-order valence-corrected chi connectivity index (χ3v) is 7.61. The van der Waals surface area contributed by atoms with Gasteiger partial charge < -0.3 is 13.3 Å². The average molecular weight is 393 g/mol. The van der Waals surface area contributed by atoms with Crippen LogP contribution in [0.2, 0.25) is 0 Å². The number of hydrogen-bond donors (Lipinski definition) is 0. The lowest BCUT2D eigenvalue weighted by Crippen LogP contribution is -2.56. The van der Waals surface area contributed by atoms with Crippen LogP contribution in [0.4, 0.5) is 0 Å². The van der Waals surface area contributed by atoms with Crippen LogP contribution in [-0.4, -0.2) is 28.6 Å². The fraction of sp³-hybridized carbons (Fsp3) is 0.250. The molecule has 3 aromatic carbocycles. The Hall–Kier alpha value is -2.24. The summed E-state index contributed by atoms with van der Waals surface area (Å²) >= 11 is 0. The summed E-state index contributed by atoms with van der Waals surface area (Å²) in [5.74, 6) is 0. The molecule has 0 aliphatic carbocycles. The first kappa shape index (κ1) is 20.5. The van der Waals surface area contributed by atoms with Crippen molar-refractivity contribution in [3.05, 3.63) is 78.9 Å². The molecule has 0 aliphatic rings. The van der Waals surface area contributed by atoms with E-state index in [1.54, 1.807) is 0 Å². The number of rotatable bonds is 9. The summed E-state index contributed by atoms with van der Waals surface area (Å²) in [4.78, 5) is 0. The van der Waals surface area contributed by atoms with Gasteiger partial charge in [-0.25, -0.2) is 0 Å². The van der Waals surface area contributed by atoms with E-state index in [2.05, 4.69) is 72.8 Å². The minimum atomic E-state index is -2.85. The molecule has 3 aromatic rings. The summed E-state index contributed by atoms with van der Waals surface area (Å²) in [6.07, 6.45) is 0. The molecule has 0 bridgehead atoms. The van der Waals surface area contributed by atoms with Gasteiger partial charge in [0, 0.05) is 25.0 Å². The van der Waals surface area contributed by atoms with Crippen molar-refractivity contribution in [2.24, 2.45) is 0 Å². The molecule has 0 radical (unpaired) electrons. The van der Waals surface area contributed by atoms with Crippen LogP contribution in [0.5, 0.6) is 0 Å². The van der Waals surface area contributed by atoms with E-state index < -0.39 is 8.80 Å². The van der Waals surface area contributed by atoms with Crippen molar-refractivity contribution in [1.82, 2.24) is 0 Å². The molecule has 28 heavy (non-hydrogen) atoms. The smallest absolute Gasteiger partial charge is 0.370 e. The zero-order valence-corrected chi connectivity index (χ0v) is 17.9. The predicted octanol–water partition coefficient (Wildman–Crippen LogP) is 5.28. The highest BCUT2D eigenvalue weighted by atomic mass is 28.4. The fourth-order valence-electron chi connectivity index (χ4n) is 3.30. The van der Waals surface area contributed by atoms with Crippen molar-refractivity contribution in [3.63, 3.8) is 0 Å². The molecule has 0 spiro atoms. The third kappa shape index (κ3) is 4.59. The van der Waals surface area contributed by atoms with Gasteiger partial charge in [-0.15, -0.1) is 0 Å². The Balaban J connectivity index is 1.85. The number of hydrogen-bond acceptors (Lipinski definition) is 3. The summed E-state index contributed by atoms with van der Waals surface area (Å²) in [5.41, 5.74) is 4.79. The van der Waals surface area contributed by atoms with Gasteiger partial charge in [0.15, 0.2) is 0 Å². The van der Waals surface area contributed by atoms with Crippen LogP contribution < -0.4 is 5.19 Å². The second-order valence-corrected chi connectivity index (χ2v) is 8.93. The number of benzene rings is 3. The lowest BCUT2D eigenvalue weighted by molar-refractivity contribution is 0.0859. The van der Waals surface area contributed by atoms with Gasteiger partial charge in [-0.3, -0.25) is 0 Å². The van der Waals surface area contributed by atoms with Gasteiger partial charge >= 0.3 is 8.80 Å². The fourth-order valence-corrected chi connectivity index (χ4v) is 5.76. The second-order valence-electron chi connectivity index (χ2n) is 6.38. The molecule has 0 atom stereocenters. The van der Waals surface area contributed by atoms with E-state index in [4.69, 9.17) is 13.3 Å². The van der Waals surface area contributed by atoms with Crippen LogP contribution in [-0.2, 0) is 13.3 Å². The SMILES string of the molecule is CCO[Si](OCC)(OCC)c1ccc(-c2ccc(-c3ccccc3)cc2)cc1. The minimum absolute atomic E-state index is 0.564. The van der Waals surface area contributed by atoms with Crippen LogP contribution in [0.3, 0.4) is 0 Å². The zero-order chi connectivity index (χ0) is 19.8. The Morgan fingerprint density at radius 1 is 0.500 bits per heavy atom. The summed E-state index contributed by atoms with van der Waals surface area (Å²) < 4.78 is 18.0. The molecule has 0 N–H and O–H groups in total. The van der Waals surface area contributed by atoms with E-state index in [0.717, 1.165) is 10.8 Å². The van der Waals surface area contributed by atoms with Crippen LogP contribution in [0.15, 0.2) is 78.9 Å². The van der Waals surface area contributed by atoms with Gasteiger partial charge in [-0.2, -0.15) is 0 Å². The Morgan fingerprint density at radius 2 is 0.857 bits per heavy atom. The first-order valence-corrected chi connectivity index (χ1v) is 11.6. The topological polar surface area (TPSA) is 27.7 Å². The second kappa shape index (κ2) is 9.80. The van der Waals surface area contributed by atoms with E-state index in [1.165, 1.54) is 16.7 Å². The van der Waals surface area contributed by atoms with Gasteiger partial charge in [-0.1, -0.05) is 78.9 Å². The molecule has 0 aromatic heterocycles. The summed E-state index contributed by atoms with van der Waals surface area (Å²) in [6.45, 7) is 7.62. The standard InChI is InChI=1S/C24H28O3Si/c1-4-25-28(26-5-2,27-6-3)24-18-16-23(17-19-24)22-14-12-21(13-15-22)20-10-8-7-9-11-20/h7-19H,4-6H2,1-3H3. The quantitative estimate of drug-likeness (QED) is 0.464. The Morgan fingerprint density at radius 3 is 1.25 bits per heavy atom. The van der Waals surface area contributed by atoms with Gasteiger partial charge in [0.25, 0.3) is 0 Å². The van der Waals surface area contributed by atoms with E-state index in [-0.39, 0.29) is 0 Å². The van der Waals surface area contributed by atoms with Crippen molar-refractivity contribution in [2.75, 3.05) is 19.8 Å². The lowest BCUT2D eigenvalue weighted by atomic mass is 10.0. The minimum Gasteiger partial charge on any atom is -0.370 e. The maximum Gasteiger partial charge on any atom is 0.537 e. The highest BCUT2D eigenvalue weighted by Crippen LogP contribution is 2.25. The Bertz CT molecular complexity index is 828. The Labute approximate surface area is 169 Å². The van der Waals surface area contributed by atoms with Crippen LogP contribution in [0.1, 0.15) is 20.8 Å². The molecule has 3 rings (SSSR count). The first-order chi connectivity index (χ1) is 13.7. The highest BCUT2D eigenvalue weighted by molar-refractivity contribution is 6.75. The zero-order valence-electron chi connectivity index (χ0n) is 16.9. The summed E-state index contributed by atoms with van der Waals surface area (Å²) in [6, 6.07) is 27.5. The van der Waals surface area contributed by atoms with Crippen LogP contribution >= 0.6 is 0 Å². The molecule has 0 heterocycles. The van der Waals surface area contributed by atoms with Crippen molar-refractivity contribution in [2.45, 2.75) is 20.8 Å². The van der Waals surface area contributed by atoms with Crippen molar-refractivity contribution in [3.8, 4) is 22.3 Å². The van der Waals surface area contributed by atoms with Crippen molar-refractivity contribution in [1.29, 1.82) is 0 Å². The van der Waals surface area contributed by atoms with Crippen molar-refractivity contribution < 1.29 is 13.3 Å². The monoisotopic (exact) mass is 392 g/mol. The van der Waals surface area contributed by atoms with Crippen LogP contribution in [0.25, 0.3) is 22.3 Å². The molecule has 3 nitrogen and oxygen atoms in total. The molecule has 146 valence electrons. The molecule has 0 amide bonds. The summed E-state index contributed by atoms with van der Waals surface area (Å²) in [7, 11) is -2.85. The molecular formula is C24H28O3Si. The van der Waals surface area contributed by atoms with E-state index in [9.17, 15) is 0 Å². The molecule has 0 unspecified atom stereocenters. The predicted molar refractivity (Wildman–Crippen MR) is 118 cm³/mol. The molecule has 0 fully saturated rings. The van der Waals surface area contributed by atoms with Crippen molar-refractivity contribution >= 4 is 14.0 Å². The third-order valence-electron chi connectivity index (χ3n) is 4.57. The molecular weight excluding hydrogens is 364 g/mol.